The Hall–Kier alpha value is -0.540. The van der Waals surface area contributed by atoms with Gasteiger partial charge in [0.05, 0.1) is 10.6 Å². The maximum absolute atomic E-state index is 12.4. The van der Waals surface area contributed by atoms with Gasteiger partial charge in [-0.3, -0.25) is 4.79 Å². The fourth-order valence-electron chi connectivity index (χ4n) is 1.69. The van der Waals surface area contributed by atoms with Crippen LogP contribution in [0.25, 0.3) is 0 Å². The van der Waals surface area contributed by atoms with E-state index in [-0.39, 0.29) is 5.91 Å². The van der Waals surface area contributed by atoms with Gasteiger partial charge in [0.1, 0.15) is 0 Å². The highest BCUT2D eigenvalue weighted by Crippen LogP contribution is 2.23. The third kappa shape index (κ3) is 3.99. The summed E-state index contributed by atoms with van der Waals surface area (Å²) in [6.45, 7) is 7.75. The summed E-state index contributed by atoms with van der Waals surface area (Å²) in [5, 5.41) is 0.505. The summed E-state index contributed by atoms with van der Waals surface area (Å²) in [7, 11) is 0. The van der Waals surface area contributed by atoms with Crippen LogP contribution in [0.3, 0.4) is 0 Å². The molecule has 1 atom stereocenters. The van der Waals surface area contributed by atoms with Crippen LogP contribution in [0.15, 0.2) is 22.7 Å². The van der Waals surface area contributed by atoms with Crippen molar-refractivity contribution in [1.82, 2.24) is 4.90 Å². The predicted octanol–water partition coefficient (Wildman–Crippen LogP) is 4.61. The first kappa shape index (κ1) is 15.5. The summed E-state index contributed by atoms with van der Waals surface area (Å²) in [4.78, 5) is 14.3. The van der Waals surface area contributed by atoms with Crippen LogP contribution >= 0.6 is 27.5 Å². The van der Waals surface area contributed by atoms with Gasteiger partial charge in [0, 0.05) is 17.6 Å². The number of rotatable bonds is 5. The first-order valence-corrected chi connectivity index (χ1v) is 7.41. The minimum atomic E-state index is 0.00380. The molecule has 18 heavy (non-hydrogen) atoms. The average molecular weight is 333 g/mol. The molecule has 0 saturated carbocycles. The third-order valence-corrected chi connectivity index (χ3v) is 3.88. The number of benzene rings is 1. The second kappa shape index (κ2) is 7.15. The van der Waals surface area contributed by atoms with Gasteiger partial charge in [0.25, 0.3) is 5.91 Å². The second-order valence-electron chi connectivity index (χ2n) is 4.48. The van der Waals surface area contributed by atoms with Crippen LogP contribution in [0, 0.1) is 5.92 Å². The van der Waals surface area contributed by atoms with E-state index in [2.05, 4.69) is 29.8 Å². The van der Waals surface area contributed by atoms with Gasteiger partial charge in [0.2, 0.25) is 0 Å². The molecule has 1 rings (SSSR count). The molecule has 0 aliphatic carbocycles. The Kier molecular flexibility index (Phi) is 6.16. The summed E-state index contributed by atoms with van der Waals surface area (Å²) in [5.74, 6) is 0.504. The average Bonchev–Trinajstić information content (AvgIpc) is 2.37. The standard InChI is InChI=1S/C14H19BrClNO/c1-4-10(3)9-17(5-2)14(18)12-8-11(15)6-7-13(12)16/h6-8,10H,4-5,9H2,1-3H3. The van der Waals surface area contributed by atoms with Crippen LogP contribution in [0.2, 0.25) is 5.02 Å². The summed E-state index contributed by atoms with van der Waals surface area (Å²) >= 11 is 9.47. The Labute approximate surface area is 122 Å². The van der Waals surface area contributed by atoms with Gasteiger partial charge in [-0.2, -0.15) is 0 Å². The van der Waals surface area contributed by atoms with Crippen molar-refractivity contribution in [2.24, 2.45) is 5.92 Å². The molecule has 2 nitrogen and oxygen atoms in total. The summed E-state index contributed by atoms with van der Waals surface area (Å²) < 4.78 is 0.870. The Bertz CT molecular complexity index is 422. The fourth-order valence-corrected chi connectivity index (χ4v) is 2.25. The van der Waals surface area contributed by atoms with Crippen molar-refractivity contribution < 1.29 is 4.79 Å². The summed E-state index contributed by atoms with van der Waals surface area (Å²) in [6, 6.07) is 5.37. The topological polar surface area (TPSA) is 20.3 Å². The third-order valence-electron chi connectivity index (χ3n) is 3.06. The van der Waals surface area contributed by atoms with Gasteiger partial charge in [0.15, 0.2) is 0 Å². The Morgan fingerprint density at radius 2 is 2.11 bits per heavy atom. The summed E-state index contributed by atoms with van der Waals surface area (Å²) in [6.07, 6.45) is 1.07. The molecular weight excluding hydrogens is 314 g/mol. The Morgan fingerprint density at radius 1 is 1.44 bits per heavy atom. The maximum Gasteiger partial charge on any atom is 0.255 e. The second-order valence-corrected chi connectivity index (χ2v) is 5.80. The van der Waals surface area contributed by atoms with E-state index in [1.54, 1.807) is 12.1 Å². The minimum absolute atomic E-state index is 0.00380. The van der Waals surface area contributed by atoms with E-state index in [1.165, 1.54) is 0 Å². The quantitative estimate of drug-likeness (QED) is 0.771. The number of hydrogen-bond acceptors (Lipinski definition) is 1. The van der Waals surface area contributed by atoms with E-state index in [9.17, 15) is 4.79 Å². The molecule has 1 amide bonds. The van der Waals surface area contributed by atoms with Crippen LogP contribution in [0.4, 0.5) is 0 Å². The minimum Gasteiger partial charge on any atom is -0.339 e. The van der Waals surface area contributed by atoms with Crippen molar-refractivity contribution in [3.63, 3.8) is 0 Å². The highest BCUT2D eigenvalue weighted by Gasteiger charge is 2.18. The predicted molar refractivity (Wildman–Crippen MR) is 80.2 cm³/mol. The van der Waals surface area contributed by atoms with Crippen molar-refractivity contribution >= 4 is 33.4 Å². The van der Waals surface area contributed by atoms with Gasteiger partial charge in [-0.05, 0) is 31.0 Å². The lowest BCUT2D eigenvalue weighted by molar-refractivity contribution is 0.0741. The molecule has 0 aliphatic heterocycles. The molecular formula is C14H19BrClNO. The maximum atomic E-state index is 12.4. The van der Waals surface area contributed by atoms with Gasteiger partial charge >= 0.3 is 0 Å². The molecule has 100 valence electrons. The molecule has 0 radical (unpaired) electrons. The van der Waals surface area contributed by atoms with Crippen molar-refractivity contribution in [2.45, 2.75) is 27.2 Å². The molecule has 0 saturated heterocycles. The van der Waals surface area contributed by atoms with E-state index in [4.69, 9.17) is 11.6 Å². The van der Waals surface area contributed by atoms with Gasteiger partial charge in [-0.25, -0.2) is 0 Å². The molecule has 0 heterocycles. The lowest BCUT2D eigenvalue weighted by Crippen LogP contribution is -2.34. The van der Waals surface area contributed by atoms with Crippen LogP contribution in [-0.2, 0) is 0 Å². The number of carbonyl (C=O) groups excluding carboxylic acids is 1. The van der Waals surface area contributed by atoms with E-state index in [0.29, 0.717) is 23.0 Å². The monoisotopic (exact) mass is 331 g/mol. The van der Waals surface area contributed by atoms with Gasteiger partial charge < -0.3 is 4.90 Å². The van der Waals surface area contributed by atoms with Crippen LogP contribution < -0.4 is 0 Å². The first-order valence-electron chi connectivity index (χ1n) is 6.23. The van der Waals surface area contributed by atoms with E-state index < -0.39 is 0 Å². The van der Waals surface area contributed by atoms with Gasteiger partial charge in [-0.15, -0.1) is 0 Å². The molecule has 0 bridgehead atoms. The zero-order valence-electron chi connectivity index (χ0n) is 11.0. The molecule has 0 fully saturated rings. The van der Waals surface area contributed by atoms with Gasteiger partial charge in [-0.1, -0.05) is 47.8 Å². The molecule has 1 aromatic carbocycles. The van der Waals surface area contributed by atoms with Crippen LogP contribution in [-0.4, -0.2) is 23.9 Å². The molecule has 4 heteroatoms. The number of nitrogens with zero attached hydrogens (tertiary/aromatic N) is 1. The molecule has 0 N–H and O–H groups in total. The van der Waals surface area contributed by atoms with Crippen molar-refractivity contribution in [3.05, 3.63) is 33.3 Å². The zero-order chi connectivity index (χ0) is 13.7. The van der Waals surface area contributed by atoms with Crippen LogP contribution in [0.1, 0.15) is 37.6 Å². The molecule has 0 aliphatic rings. The number of amides is 1. The summed E-state index contributed by atoms with van der Waals surface area (Å²) in [5.41, 5.74) is 0.566. The van der Waals surface area contributed by atoms with E-state index in [0.717, 1.165) is 17.4 Å². The molecule has 0 spiro atoms. The Morgan fingerprint density at radius 3 is 2.67 bits per heavy atom. The molecule has 0 aromatic heterocycles. The largest absolute Gasteiger partial charge is 0.339 e. The Balaban J connectivity index is 2.92. The fraction of sp³-hybridized carbons (Fsp3) is 0.500. The smallest absolute Gasteiger partial charge is 0.255 e. The normalized spacial score (nSPS) is 12.3. The first-order chi connectivity index (χ1) is 8.49. The lowest BCUT2D eigenvalue weighted by Gasteiger charge is -2.24. The molecule has 1 aromatic rings. The van der Waals surface area contributed by atoms with Crippen molar-refractivity contribution in [3.8, 4) is 0 Å². The molecule has 1 unspecified atom stereocenters. The van der Waals surface area contributed by atoms with Crippen LogP contribution in [0.5, 0.6) is 0 Å². The lowest BCUT2D eigenvalue weighted by atomic mass is 10.1. The highest BCUT2D eigenvalue weighted by atomic mass is 79.9. The van der Waals surface area contributed by atoms with E-state index >= 15 is 0 Å². The highest BCUT2D eigenvalue weighted by molar-refractivity contribution is 9.10. The number of carbonyl (C=O) groups is 1. The van der Waals surface area contributed by atoms with Crippen molar-refractivity contribution in [1.29, 1.82) is 0 Å². The number of hydrogen-bond donors (Lipinski definition) is 0. The van der Waals surface area contributed by atoms with E-state index in [1.807, 2.05) is 17.9 Å². The number of halogens is 2. The zero-order valence-corrected chi connectivity index (χ0v) is 13.4. The SMILES string of the molecule is CCC(C)CN(CC)C(=O)c1cc(Br)ccc1Cl. The van der Waals surface area contributed by atoms with Crippen molar-refractivity contribution in [2.75, 3.05) is 13.1 Å².